The summed E-state index contributed by atoms with van der Waals surface area (Å²) in [5, 5.41) is 9.05. The Balaban J connectivity index is 0.00000961. The summed E-state index contributed by atoms with van der Waals surface area (Å²) >= 11 is 0. The molecule has 0 bridgehead atoms. The average Bonchev–Trinajstić information content (AvgIpc) is 2.61. The maximum absolute atomic E-state index is 12.4. The average molecular weight is 562 g/mol. The zero-order valence-corrected chi connectivity index (χ0v) is 22.9. The van der Waals surface area contributed by atoms with Crippen molar-refractivity contribution >= 4 is 41.9 Å². The van der Waals surface area contributed by atoms with Crippen LogP contribution in [0, 0.1) is 0 Å². The number of guanidine groups is 1. The van der Waals surface area contributed by atoms with Crippen molar-refractivity contribution in [3.05, 3.63) is 35.9 Å². The molecule has 1 rings (SSSR count). The summed E-state index contributed by atoms with van der Waals surface area (Å²) in [5.41, 5.74) is 0.0221. The largest absolute Gasteiger partial charge is 0.444 e. The number of amides is 2. The molecule has 8 nitrogen and oxygen atoms in total. The van der Waals surface area contributed by atoms with Gasteiger partial charge in [-0.3, -0.25) is 9.79 Å². The van der Waals surface area contributed by atoms with E-state index in [4.69, 9.17) is 4.74 Å². The molecular weight excluding hydrogens is 521 g/mol. The Morgan fingerprint density at radius 1 is 1.09 bits per heavy atom. The van der Waals surface area contributed by atoms with E-state index in [0.717, 1.165) is 5.56 Å². The zero-order valence-electron chi connectivity index (χ0n) is 20.6. The van der Waals surface area contributed by atoms with Gasteiger partial charge in [0.05, 0.1) is 19.1 Å². The molecule has 0 fully saturated rings. The molecule has 9 heteroatoms. The van der Waals surface area contributed by atoms with Gasteiger partial charge in [0.2, 0.25) is 5.91 Å². The number of hydrogen-bond acceptors (Lipinski definition) is 4. The Morgan fingerprint density at radius 2 is 1.69 bits per heavy atom. The van der Waals surface area contributed by atoms with Gasteiger partial charge in [-0.15, -0.1) is 24.0 Å². The molecule has 0 aromatic heterocycles. The van der Waals surface area contributed by atoms with E-state index in [1.807, 2.05) is 85.8 Å². The summed E-state index contributed by atoms with van der Waals surface area (Å²) in [6.45, 7) is 14.4. The number of halogens is 1. The molecule has 0 aliphatic carbocycles. The minimum Gasteiger partial charge on any atom is -0.444 e. The van der Waals surface area contributed by atoms with Crippen LogP contribution in [0.25, 0.3) is 0 Å². The van der Waals surface area contributed by atoms with Gasteiger partial charge in [0.1, 0.15) is 5.60 Å². The normalized spacial score (nSPS) is 12.8. The molecule has 0 aliphatic rings. The summed E-state index contributed by atoms with van der Waals surface area (Å²) in [5.74, 6) is 0.491. The molecular formula is C23H40IN5O3. The minimum absolute atomic E-state index is 0. The molecule has 0 aliphatic heterocycles. The van der Waals surface area contributed by atoms with E-state index in [9.17, 15) is 9.59 Å². The Bertz CT molecular complexity index is 742. The van der Waals surface area contributed by atoms with Crippen molar-refractivity contribution in [3.8, 4) is 0 Å². The van der Waals surface area contributed by atoms with Gasteiger partial charge in [-0.05, 0) is 54.0 Å². The highest BCUT2D eigenvalue weighted by molar-refractivity contribution is 14.0. The number of hydrogen-bond donors (Lipinski definition) is 3. The number of alkyl carbamates (subject to hydrolysis) is 1. The maximum Gasteiger partial charge on any atom is 0.408 e. The Labute approximate surface area is 210 Å². The number of benzene rings is 1. The van der Waals surface area contributed by atoms with Crippen molar-refractivity contribution in [1.29, 1.82) is 0 Å². The lowest BCUT2D eigenvalue weighted by molar-refractivity contribution is -0.122. The Kier molecular flexibility index (Phi) is 12.6. The van der Waals surface area contributed by atoms with Gasteiger partial charge in [-0.1, -0.05) is 30.3 Å². The highest BCUT2D eigenvalue weighted by Crippen LogP contribution is 2.15. The monoisotopic (exact) mass is 561 g/mol. The highest BCUT2D eigenvalue weighted by Gasteiger charge is 2.21. The lowest BCUT2D eigenvalue weighted by Crippen LogP contribution is -2.49. The first-order chi connectivity index (χ1) is 14.3. The first kappa shape index (κ1) is 30.0. The second kappa shape index (κ2) is 13.5. The van der Waals surface area contributed by atoms with Crippen molar-refractivity contribution < 1.29 is 14.3 Å². The van der Waals surface area contributed by atoms with E-state index >= 15 is 0 Å². The second-order valence-electron chi connectivity index (χ2n) is 9.46. The lowest BCUT2D eigenvalue weighted by Gasteiger charge is -2.26. The number of ether oxygens (including phenoxy) is 1. The van der Waals surface area contributed by atoms with Crippen LogP contribution in [0.4, 0.5) is 4.79 Å². The molecule has 3 N–H and O–H groups in total. The second-order valence-corrected chi connectivity index (χ2v) is 9.46. The molecule has 0 radical (unpaired) electrons. The van der Waals surface area contributed by atoms with Gasteiger partial charge in [0.15, 0.2) is 5.96 Å². The van der Waals surface area contributed by atoms with Crippen LogP contribution in [0.1, 0.15) is 60.1 Å². The van der Waals surface area contributed by atoms with Gasteiger partial charge in [0.25, 0.3) is 0 Å². The predicted octanol–water partition coefficient (Wildman–Crippen LogP) is 3.68. The van der Waals surface area contributed by atoms with Crippen LogP contribution in [0.15, 0.2) is 35.3 Å². The first-order valence-electron chi connectivity index (χ1n) is 10.7. The predicted molar refractivity (Wildman–Crippen MR) is 140 cm³/mol. The van der Waals surface area contributed by atoms with E-state index < -0.39 is 11.7 Å². The summed E-state index contributed by atoms with van der Waals surface area (Å²) in [7, 11) is 1.81. The molecule has 2 amide bonds. The van der Waals surface area contributed by atoms with Crippen molar-refractivity contribution in [2.24, 2.45) is 4.99 Å². The van der Waals surface area contributed by atoms with Crippen molar-refractivity contribution in [2.75, 3.05) is 26.7 Å². The van der Waals surface area contributed by atoms with Crippen molar-refractivity contribution in [2.45, 2.75) is 65.6 Å². The number of carbonyl (C=O) groups is 2. The van der Waals surface area contributed by atoms with Crippen LogP contribution < -0.4 is 16.0 Å². The number of nitrogens with zero attached hydrogens (tertiary/aromatic N) is 2. The van der Waals surface area contributed by atoms with E-state index in [1.54, 1.807) is 4.90 Å². The molecule has 0 spiro atoms. The fourth-order valence-electron chi connectivity index (χ4n) is 2.77. The smallest absolute Gasteiger partial charge is 0.408 e. The SMILES string of the molecule is CCNC(=NCC(NC(=O)OC(C)(C)C)c1ccccc1)N(C)CC(=O)NC(C)(C)C.I. The molecule has 1 atom stereocenters. The molecule has 1 aromatic carbocycles. The molecule has 1 unspecified atom stereocenters. The zero-order chi connectivity index (χ0) is 23.7. The Hall–Kier alpha value is -2.04. The highest BCUT2D eigenvalue weighted by atomic mass is 127. The third-order valence-corrected chi connectivity index (χ3v) is 3.91. The first-order valence-corrected chi connectivity index (χ1v) is 10.7. The van der Waals surface area contributed by atoms with E-state index in [1.165, 1.54) is 0 Å². The van der Waals surface area contributed by atoms with Crippen LogP contribution >= 0.6 is 24.0 Å². The molecule has 0 saturated heterocycles. The van der Waals surface area contributed by atoms with Crippen LogP contribution in [0.2, 0.25) is 0 Å². The van der Waals surface area contributed by atoms with Crippen molar-refractivity contribution in [1.82, 2.24) is 20.9 Å². The van der Waals surface area contributed by atoms with Crippen LogP contribution in [-0.2, 0) is 9.53 Å². The summed E-state index contributed by atoms with van der Waals surface area (Å²) in [4.78, 5) is 31.1. The van der Waals surface area contributed by atoms with Crippen LogP contribution in [0.3, 0.4) is 0 Å². The molecule has 0 heterocycles. The van der Waals surface area contributed by atoms with Crippen LogP contribution in [0.5, 0.6) is 0 Å². The van der Waals surface area contributed by atoms with Gasteiger partial charge >= 0.3 is 6.09 Å². The number of nitrogens with one attached hydrogen (secondary N) is 3. The van der Waals surface area contributed by atoms with Crippen LogP contribution in [-0.4, -0.2) is 60.7 Å². The van der Waals surface area contributed by atoms with Gasteiger partial charge in [-0.2, -0.15) is 0 Å². The number of aliphatic imine (C=N–C) groups is 1. The Morgan fingerprint density at radius 3 is 2.19 bits per heavy atom. The van der Waals surface area contributed by atoms with E-state index in [0.29, 0.717) is 12.5 Å². The fourth-order valence-corrected chi connectivity index (χ4v) is 2.77. The lowest BCUT2D eigenvalue weighted by atomic mass is 10.1. The molecule has 32 heavy (non-hydrogen) atoms. The van der Waals surface area contributed by atoms with Gasteiger partial charge < -0.3 is 25.6 Å². The minimum atomic E-state index is -0.593. The van der Waals surface area contributed by atoms with Gasteiger partial charge in [0, 0.05) is 19.1 Å². The quantitative estimate of drug-likeness (QED) is 0.268. The summed E-state index contributed by atoms with van der Waals surface area (Å²) in [6.07, 6.45) is -0.500. The molecule has 1 aromatic rings. The number of carbonyl (C=O) groups excluding carboxylic acids is 2. The number of rotatable bonds is 7. The standard InChI is InChI=1S/C23H39N5O3.HI/c1-9-24-20(28(8)16-19(29)27-22(2,3)4)25-15-18(17-13-11-10-12-14-17)26-21(30)31-23(5,6)7;/h10-14,18H,9,15-16H2,1-8H3,(H,24,25)(H,26,30)(H,27,29);1H. The third-order valence-electron chi connectivity index (χ3n) is 3.91. The van der Waals surface area contributed by atoms with E-state index in [-0.39, 0.29) is 54.6 Å². The maximum atomic E-state index is 12.4. The van der Waals surface area contributed by atoms with Crippen molar-refractivity contribution in [3.63, 3.8) is 0 Å². The summed E-state index contributed by atoms with van der Waals surface area (Å²) in [6, 6.07) is 9.24. The summed E-state index contributed by atoms with van der Waals surface area (Å²) < 4.78 is 5.41. The molecule has 182 valence electrons. The fraction of sp³-hybridized carbons (Fsp3) is 0.609. The van der Waals surface area contributed by atoms with E-state index in [2.05, 4.69) is 20.9 Å². The third kappa shape index (κ3) is 12.7. The molecule has 0 saturated carbocycles. The van der Waals surface area contributed by atoms with Gasteiger partial charge in [-0.25, -0.2) is 4.79 Å². The number of likely N-dealkylation sites (N-methyl/N-ethyl adjacent to an activating group) is 1. The topological polar surface area (TPSA) is 95.1 Å².